The maximum Gasteiger partial charge on any atom is 0.236 e. The van der Waals surface area contributed by atoms with E-state index in [1.807, 2.05) is 38.1 Å². The first kappa shape index (κ1) is 16.4. The topological polar surface area (TPSA) is 55.4 Å². The second-order valence-corrected chi connectivity index (χ2v) is 6.94. The van der Waals surface area contributed by atoms with Crippen LogP contribution >= 0.6 is 0 Å². The summed E-state index contributed by atoms with van der Waals surface area (Å²) in [6.45, 7) is 4.66. The van der Waals surface area contributed by atoms with E-state index in [-0.39, 0.29) is 5.75 Å². The standard InChI is InChI=1S/C17H21NO3S/c1-3-12-21-17-10-8-16(9-11-17)18-22(19,20)13-15-6-4-14(2)5-7-15/h4-11,18H,3,12-13H2,1-2H3. The zero-order valence-corrected chi connectivity index (χ0v) is 13.7. The normalized spacial score (nSPS) is 11.2. The van der Waals surface area contributed by atoms with Crippen molar-refractivity contribution in [2.45, 2.75) is 26.0 Å². The lowest BCUT2D eigenvalue weighted by atomic mass is 10.2. The molecule has 0 aliphatic rings. The molecule has 0 fully saturated rings. The Balaban J connectivity index is 2.00. The first-order valence-electron chi connectivity index (χ1n) is 7.27. The fourth-order valence-electron chi connectivity index (χ4n) is 1.96. The van der Waals surface area contributed by atoms with Crippen LogP contribution in [-0.4, -0.2) is 15.0 Å². The van der Waals surface area contributed by atoms with Gasteiger partial charge in [0.15, 0.2) is 0 Å². The van der Waals surface area contributed by atoms with Gasteiger partial charge in [0.05, 0.1) is 12.4 Å². The SMILES string of the molecule is CCCOc1ccc(NS(=O)(=O)Cc2ccc(C)cc2)cc1. The van der Waals surface area contributed by atoms with Crippen LogP contribution in [0.15, 0.2) is 48.5 Å². The number of rotatable bonds is 7. The summed E-state index contributed by atoms with van der Waals surface area (Å²) in [5.41, 5.74) is 2.41. The third kappa shape index (κ3) is 5.07. The molecule has 0 saturated heterocycles. The van der Waals surface area contributed by atoms with Crippen LogP contribution in [0.25, 0.3) is 0 Å². The van der Waals surface area contributed by atoms with Crippen molar-refractivity contribution in [3.05, 3.63) is 59.7 Å². The summed E-state index contributed by atoms with van der Waals surface area (Å²) in [5, 5.41) is 0. The minimum absolute atomic E-state index is 0.0403. The average Bonchev–Trinajstić information content (AvgIpc) is 2.48. The van der Waals surface area contributed by atoms with Gasteiger partial charge in [-0.15, -0.1) is 0 Å². The Bertz CT molecular complexity index is 692. The van der Waals surface area contributed by atoms with Gasteiger partial charge in [-0.3, -0.25) is 4.72 Å². The number of hydrogen-bond acceptors (Lipinski definition) is 3. The number of hydrogen-bond donors (Lipinski definition) is 1. The summed E-state index contributed by atoms with van der Waals surface area (Å²) >= 11 is 0. The molecule has 0 aliphatic heterocycles. The van der Waals surface area contributed by atoms with Crippen LogP contribution in [-0.2, 0) is 15.8 Å². The molecule has 0 aromatic heterocycles. The molecule has 0 atom stereocenters. The van der Waals surface area contributed by atoms with Gasteiger partial charge in [0, 0.05) is 5.69 Å². The van der Waals surface area contributed by atoms with E-state index in [0.29, 0.717) is 12.3 Å². The molecule has 1 N–H and O–H groups in total. The number of nitrogens with one attached hydrogen (secondary N) is 1. The molecule has 22 heavy (non-hydrogen) atoms. The van der Waals surface area contributed by atoms with E-state index < -0.39 is 10.0 Å². The molecule has 0 aliphatic carbocycles. The van der Waals surface area contributed by atoms with E-state index in [1.165, 1.54) is 0 Å². The molecule has 118 valence electrons. The van der Waals surface area contributed by atoms with Gasteiger partial charge in [0.25, 0.3) is 0 Å². The average molecular weight is 319 g/mol. The van der Waals surface area contributed by atoms with E-state index in [4.69, 9.17) is 4.74 Å². The molecule has 2 rings (SSSR count). The second kappa shape index (κ2) is 7.31. The first-order chi connectivity index (χ1) is 10.5. The molecule has 4 nitrogen and oxygen atoms in total. The van der Waals surface area contributed by atoms with Crippen LogP contribution in [0.1, 0.15) is 24.5 Å². The van der Waals surface area contributed by atoms with Crippen molar-refractivity contribution >= 4 is 15.7 Å². The van der Waals surface area contributed by atoms with Crippen molar-refractivity contribution in [1.29, 1.82) is 0 Å². The van der Waals surface area contributed by atoms with Crippen LogP contribution in [0.3, 0.4) is 0 Å². The monoisotopic (exact) mass is 319 g/mol. The number of benzene rings is 2. The van der Waals surface area contributed by atoms with Crippen molar-refractivity contribution in [2.24, 2.45) is 0 Å². The quantitative estimate of drug-likeness (QED) is 0.846. The Kier molecular flexibility index (Phi) is 5.44. The van der Waals surface area contributed by atoms with Crippen molar-refractivity contribution in [1.82, 2.24) is 0 Å². The lowest BCUT2D eigenvalue weighted by Crippen LogP contribution is -2.15. The molecule has 0 bridgehead atoms. The van der Waals surface area contributed by atoms with Gasteiger partial charge in [-0.2, -0.15) is 0 Å². The Labute approximate surface area is 132 Å². The third-order valence-corrected chi connectivity index (χ3v) is 4.34. The van der Waals surface area contributed by atoms with Crippen LogP contribution in [0.5, 0.6) is 5.75 Å². The number of ether oxygens (including phenoxy) is 1. The highest BCUT2D eigenvalue weighted by Gasteiger charge is 2.11. The predicted octanol–water partition coefficient (Wildman–Crippen LogP) is 3.73. The van der Waals surface area contributed by atoms with Crippen molar-refractivity contribution in [3.8, 4) is 5.75 Å². The van der Waals surface area contributed by atoms with E-state index >= 15 is 0 Å². The van der Waals surface area contributed by atoms with Crippen molar-refractivity contribution in [3.63, 3.8) is 0 Å². The molecule has 2 aromatic rings. The number of sulfonamides is 1. The highest BCUT2D eigenvalue weighted by atomic mass is 32.2. The van der Waals surface area contributed by atoms with Crippen molar-refractivity contribution < 1.29 is 13.2 Å². The lowest BCUT2D eigenvalue weighted by molar-refractivity contribution is 0.317. The summed E-state index contributed by atoms with van der Waals surface area (Å²) in [6, 6.07) is 14.4. The molecule has 2 aromatic carbocycles. The van der Waals surface area contributed by atoms with Gasteiger partial charge >= 0.3 is 0 Å². The lowest BCUT2D eigenvalue weighted by Gasteiger charge is -2.09. The summed E-state index contributed by atoms with van der Waals surface area (Å²) < 4.78 is 32.4. The van der Waals surface area contributed by atoms with Crippen LogP contribution < -0.4 is 9.46 Å². The summed E-state index contributed by atoms with van der Waals surface area (Å²) in [7, 11) is -3.42. The van der Waals surface area contributed by atoms with E-state index in [0.717, 1.165) is 23.3 Å². The molecule has 0 saturated carbocycles. The molecular weight excluding hydrogens is 298 g/mol. The van der Waals surface area contributed by atoms with Gasteiger partial charge in [0.1, 0.15) is 5.75 Å². The highest BCUT2D eigenvalue weighted by Crippen LogP contribution is 2.18. The minimum atomic E-state index is -3.42. The van der Waals surface area contributed by atoms with Crippen LogP contribution in [0.4, 0.5) is 5.69 Å². The zero-order valence-electron chi connectivity index (χ0n) is 12.9. The fourth-order valence-corrected chi connectivity index (χ4v) is 3.16. The van der Waals surface area contributed by atoms with Gasteiger partial charge in [-0.05, 0) is 43.2 Å². The molecule has 0 radical (unpaired) electrons. The summed E-state index contributed by atoms with van der Waals surface area (Å²) in [6.07, 6.45) is 0.935. The Morgan fingerprint density at radius 3 is 2.23 bits per heavy atom. The largest absolute Gasteiger partial charge is 0.494 e. The van der Waals surface area contributed by atoms with Crippen LogP contribution in [0.2, 0.25) is 0 Å². The second-order valence-electron chi connectivity index (χ2n) is 5.22. The molecule has 0 amide bonds. The smallest absolute Gasteiger partial charge is 0.236 e. The third-order valence-electron chi connectivity index (χ3n) is 3.08. The Hall–Kier alpha value is -2.01. The predicted molar refractivity (Wildman–Crippen MR) is 89.7 cm³/mol. The zero-order chi connectivity index (χ0) is 16.0. The van der Waals surface area contributed by atoms with E-state index in [2.05, 4.69) is 4.72 Å². The Morgan fingerprint density at radius 2 is 1.64 bits per heavy atom. The number of anilines is 1. The van der Waals surface area contributed by atoms with Gasteiger partial charge in [-0.25, -0.2) is 8.42 Å². The summed E-state index contributed by atoms with van der Waals surface area (Å²) in [5.74, 6) is 0.699. The molecular formula is C17H21NO3S. The first-order valence-corrected chi connectivity index (χ1v) is 8.92. The maximum absolute atomic E-state index is 12.2. The fraction of sp³-hybridized carbons (Fsp3) is 0.294. The molecule has 0 heterocycles. The van der Waals surface area contributed by atoms with Gasteiger partial charge < -0.3 is 4.74 Å². The maximum atomic E-state index is 12.2. The van der Waals surface area contributed by atoms with Gasteiger partial charge in [0.2, 0.25) is 10.0 Å². The number of aryl methyl sites for hydroxylation is 1. The molecule has 0 unspecified atom stereocenters. The highest BCUT2D eigenvalue weighted by molar-refractivity contribution is 7.91. The summed E-state index contributed by atoms with van der Waals surface area (Å²) in [4.78, 5) is 0. The van der Waals surface area contributed by atoms with E-state index in [1.54, 1.807) is 24.3 Å². The Morgan fingerprint density at radius 1 is 1.00 bits per heavy atom. The molecule has 0 spiro atoms. The van der Waals surface area contributed by atoms with Crippen molar-refractivity contribution in [2.75, 3.05) is 11.3 Å². The van der Waals surface area contributed by atoms with E-state index in [9.17, 15) is 8.42 Å². The minimum Gasteiger partial charge on any atom is -0.494 e. The molecule has 5 heteroatoms. The van der Waals surface area contributed by atoms with Gasteiger partial charge in [-0.1, -0.05) is 36.8 Å². The van der Waals surface area contributed by atoms with Crippen LogP contribution in [0, 0.1) is 6.92 Å².